The molecule has 0 aliphatic carbocycles. The van der Waals surface area contributed by atoms with Gasteiger partial charge in [0, 0.05) is 25.7 Å². The molecule has 0 saturated heterocycles. The third-order valence-electron chi connectivity index (χ3n) is 7.61. The highest BCUT2D eigenvalue weighted by molar-refractivity contribution is 7.86. The van der Waals surface area contributed by atoms with Crippen LogP contribution in [0.4, 0.5) is 0 Å². The molecule has 2 aromatic rings. The molecule has 0 bridgehead atoms. The monoisotopic (exact) mass is 610 g/mol. The standard InChI is InChI=1S/C31H50O8SSi/c1-24-10-16-29(17-11-24)40(32,33)38-21-25(2)30(37-23-34-6)20-28(39-41(8,9)31(3,4)5)18-19-36-22-26-12-14-27(35-7)15-13-26/h10-17,25,28,30H,18-23H2,1-9H3/t25-,28-,30-/m1/s1. The molecular weight excluding hydrogens is 560 g/mol. The summed E-state index contributed by atoms with van der Waals surface area (Å²) in [5, 5.41) is 0.0227. The molecule has 3 atom stereocenters. The number of methoxy groups -OCH3 is 2. The van der Waals surface area contributed by atoms with Crippen LogP contribution in [0.1, 0.15) is 51.7 Å². The first-order valence-corrected chi connectivity index (χ1v) is 18.5. The second-order valence-corrected chi connectivity index (χ2v) is 18.4. The molecule has 0 aromatic heterocycles. The van der Waals surface area contributed by atoms with Crippen molar-refractivity contribution < 1.29 is 36.0 Å². The third kappa shape index (κ3) is 11.8. The molecule has 0 amide bonds. The molecule has 2 rings (SSSR count). The highest BCUT2D eigenvalue weighted by atomic mass is 32.2. The van der Waals surface area contributed by atoms with Crippen LogP contribution in [0, 0.1) is 12.8 Å². The van der Waals surface area contributed by atoms with E-state index in [9.17, 15) is 8.42 Å². The molecule has 0 heterocycles. The first-order chi connectivity index (χ1) is 19.2. The van der Waals surface area contributed by atoms with Gasteiger partial charge in [-0.15, -0.1) is 0 Å². The Balaban J connectivity index is 2.10. The van der Waals surface area contributed by atoms with Crippen LogP contribution in [0.2, 0.25) is 18.1 Å². The van der Waals surface area contributed by atoms with Crippen molar-refractivity contribution in [2.24, 2.45) is 5.92 Å². The lowest BCUT2D eigenvalue weighted by Gasteiger charge is -2.40. The van der Waals surface area contributed by atoms with Gasteiger partial charge in [-0.25, -0.2) is 0 Å². The number of aryl methyl sites for hydroxylation is 1. The van der Waals surface area contributed by atoms with Crippen LogP contribution < -0.4 is 4.74 Å². The number of benzene rings is 2. The van der Waals surface area contributed by atoms with Gasteiger partial charge in [0.15, 0.2) is 8.32 Å². The van der Waals surface area contributed by atoms with E-state index in [4.69, 9.17) is 27.6 Å². The maximum Gasteiger partial charge on any atom is 0.296 e. The minimum absolute atomic E-state index is 0.0224. The van der Waals surface area contributed by atoms with Gasteiger partial charge >= 0.3 is 0 Å². The van der Waals surface area contributed by atoms with E-state index in [1.54, 1.807) is 38.5 Å². The highest BCUT2D eigenvalue weighted by Gasteiger charge is 2.40. The summed E-state index contributed by atoms with van der Waals surface area (Å²) in [4.78, 5) is 0.137. The molecule has 232 valence electrons. The van der Waals surface area contributed by atoms with Crippen LogP contribution in [0.15, 0.2) is 53.4 Å². The van der Waals surface area contributed by atoms with E-state index in [0.717, 1.165) is 16.9 Å². The van der Waals surface area contributed by atoms with E-state index in [-0.39, 0.29) is 41.5 Å². The lowest BCUT2D eigenvalue weighted by Crippen LogP contribution is -2.45. The van der Waals surface area contributed by atoms with Crippen LogP contribution >= 0.6 is 0 Å². The summed E-state index contributed by atoms with van der Waals surface area (Å²) in [5.41, 5.74) is 2.04. The summed E-state index contributed by atoms with van der Waals surface area (Å²) in [6.45, 7) is 16.0. The van der Waals surface area contributed by atoms with E-state index >= 15 is 0 Å². The van der Waals surface area contributed by atoms with Crippen LogP contribution in [-0.4, -0.2) is 63.2 Å². The zero-order chi connectivity index (χ0) is 30.7. The summed E-state index contributed by atoms with van der Waals surface area (Å²) >= 11 is 0. The summed E-state index contributed by atoms with van der Waals surface area (Å²) < 4.78 is 60.4. The summed E-state index contributed by atoms with van der Waals surface area (Å²) in [7, 11) is -2.79. The van der Waals surface area contributed by atoms with Crippen LogP contribution in [-0.2, 0) is 39.5 Å². The van der Waals surface area contributed by atoms with Gasteiger partial charge in [-0.05, 0) is 67.7 Å². The molecule has 8 nitrogen and oxygen atoms in total. The van der Waals surface area contributed by atoms with Gasteiger partial charge in [0.05, 0.1) is 31.3 Å². The van der Waals surface area contributed by atoms with Gasteiger partial charge in [-0.3, -0.25) is 4.18 Å². The van der Waals surface area contributed by atoms with E-state index in [1.807, 2.05) is 38.1 Å². The molecule has 0 aliphatic rings. The van der Waals surface area contributed by atoms with Crippen molar-refractivity contribution in [2.45, 2.75) is 89.3 Å². The maximum atomic E-state index is 12.8. The van der Waals surface area contributed by atoms with E-state index in [0.29, 0.717) is 26.1 Å². The Hall–Kier alpha value is -1.79. The van der Waals surface area contributed by atoms with Crippen molar-refractivity contribution in [3.63, 3.8) is 0 Å². The molecule has 0 aliphatic heterocycles. The Labute approximate surface area is 248 Å². The molecule has 0 saturated carbocycles. The molecule has 0 radical (unpaired) electrons. The number of hydrogen-bond acceptors (Lipinski definition) is 8. The lowest BCUT2D eigenvalue weighted by atomic mass is 9.98. The van der Waals surface area contributed by atoms with Gasteiger partial charge in [-0.1, -0.05) is 57.5 Å². The average Bonchev–Trinajstić information content (AvgIpc) is 2.91. The SMILES string of the molecule is COCO[C@H](C[C@@H](CCOCc1ccc(OC)cc1)O[Si](C)(C)C(C)(C)C)[C@H](C)COS(=O)(=O)c1ccc(C)cc1. The predicted octanol–water partition coefficient (Wildman–Crippen LogP) is 6.72. The Morgan fingerprint density at radius 1 is 0.951 bits per heavy atom. The largest absolute Gasteiger partial charge is 0.497 e. The highest BCUT2D eigenvalue weighted by Crippen LogP contribution is 2.38. The molecule has 10 heteroatoms. The smallest absolute Gasteiger partial charge is 0.296 e. The minimum Gasteiger partial charge on any atom is -0.497 e. The van der Waals surface area contributed by atoms with Gasteiger partial charge < -0.3 is 23.4 Å². The van der Waals surface area contributed by atoms with Crippen molar-refractivity contribution >= 4 is 18.4 Å². The van der Waals surface area contributed by atoms with E-state index in [1.165, 1.54) is 0 Å². The van der Waals surface area contributed by atoms with Gasteiger partial charge in [0.25, 0.3) is 10.1 Å². The quantitative estimate of drug-likeness (QED) is 0.0795. The molecule has 41 heavy (non-hydrogen) atoms. The van der Waals surface area contributed by atoms with Crippen molar-refractivity contribution in [3.8, 4) is 5.75 Å². The topological polar surface area (TPSA) is 89.5 Å². The van der Waals surface area contributed by atoms with Gasteiger partial charge in [-0.2, -0.15) is 8.42 Å². The van der Waals surface area contributed by atoms with Gasteiger partial charge in [0.2, 0.25) is 0 Å². The van der Waals surface area contributed by atoms with E-state index < -0.39 is 18.4 Å². The molecular formula is C31H50O8SSi. The van der Waals surface area contributed by atoms with Crippen LogP contribution in [0.25, 0.3) is 0 Å². The lowest BCUT2D eigenvalue weighted by molar-refractivity contribution is -0.106. The first-order valence-electron chi connectivity index (χ1n) is 14.1. The first kappa shape index (κ1) is 35.4. The van der Waals surface area contributed by atoms with E-state index in [2.05, 4.69) is 33.9 Å². The zero-order valence-corrected chi connectivity index (χ0v) is 28.1. The van der Waals surface area contributed by atoms with Crippen molar-refractivity contribution in [3.05, 3.63) is 59.7 Å². The Morgan fingerprint density at radius 2 is 1.59 bits per heavy atom. The van der Waals surface area contributed by atoms with Crippen LogP contribution in [0.5, 0.6) is 5.75 Å². The number of hydrogen-bond donors (Lipinski definition) is 0. The van der Waals surface area contributed by atoms with Crippen LogP contribution in [0.3, 0.4) is 0 Å². The summed E-state index contributed by atoms with van der Waals surface area (Å²) in [5.74, 6) is 0.569. The summed E-state index contributed by atoms with van der Waals surface area (Å²) in [6.07, 6.45) is 0.728. The van der Waals surface area contributed by atoms with Crippen molar-refractivity contribution in [1.82, 2.24) is 0 Å². The van der Waals surface area contributed by atoms with Crippen molar-refractivity contribution in [1.29, 1.82) is 0 Å². The fourth-order valence-corrected chi connectivity index (χ4v) is 6.30. The maximum absolute atomic E-state index is 12.8. The Morgan fingerprint density at radius 3 is 2.15 bits per heavy atom. The molecule has 0 fully saturated rings. The molecule has 2 aromatic carbocycles. The zero-order valence-electron chi connectivity index (χ0n) is 26.3. The minimum atomic E-state index is -3.89. The summed E-state index contributed by atoms with van der Waals surface area (Å²) in [6, 6.07) is 14.4. The van der Waals surface area contributed by atoms with Crippen molar-refractivity contribution in [2.75, 3.05) is 34.2 Å². The Bertz CT molecular complexity index is 1130. The molecule has 0 N–H and O–H groups in total. The third-order valence-corrected chi connectivity index (χ3v) is 13.4. The number of ether oxygens (including phenoxy) is 4. The second kappa shape index (κ2) is 16.2. The predicted molar refractivity (Wildman–Crippen MR) is 164 cm³/mol. The molecule has 0 unspecified atom stereocenters. The second-order valence-electron chi connectivity index (χ2n) is 12.1. The Kier molecular flexibility index (Phi) is 14.0. The fraction of sp³-hybridized carbons (Fsp3) is 0.613. The van der Waals surface area contributed by atoms with Gasteiger partial charge in [0.1, 0.15) is 12.5 Å². The molecule has 0 spiro atoms. The number of rotatable bonds is 18. The average molecular weight is 611 g/mol. The normalized spacial score (nSPS) is 15.0. The fourth-order valence-electron chi connectivity index (χ4n) is 3.90.